The molecule has 2 heterocycles. The normalized spacial score (nSPS) is 13.1. The Balaban J connectivity index is 0.000000867. The van der Waals surface area contributed by atoms with Crippen LogP contribution in [0.2, 0.25) is 0 Å². The van der Waals surface area contributed by atoms with E-state index in [2.05, 4.69) is 0 Å². The van der Waals surface area contributed by atoms with Crippen LogP contribution >= 0.6 is 0 Å². The maximum absolute atomic E-state index is 12.3. The second kappa shape index (κ2) is 11.9. The van der Waals surface area contributed by atoms with Gasteiger partial charge in [0.25, 0.3) is 11.8 Å². The number of hydrogen-bond acceptors (Lipinski definition) is 6. The summed E-state index contributed by atoms with van der Waals surface area (Å²) in [6, 6.07) is 20.4. The van der Waals surface area contributed by atoms with E-state index < -0.39 is 30.4 Å². The summed E-state index contributed by atoms with van der Waals surface area (Å²) in [7, 11) is 1.90. The Bertz CT molecular complexity index is 1600. The molecule has 11 heteroatoms. The van der Waals surface area contributed by atoms with Gasteiger partial charge in [-0.3, -0.25) is 9.59 Å². The summed E-state index contributed by atoms with van der Waals surface area (Å²) >= 11 is 0. The minimum atomic E-state index is -3.67. The highest BCUT2D eigenvalue weighted by Crippen LogP contribution is 2.33. The highest BCUT2D eigenvalue weighted by Gasteiger charge is 2.32. The third kappa shape index (κ3) is 5.93. The Labute approximate surface area is 226 Å². The van der Waals surface area contributed by atoms with Crippen molar-refractivity contribution in [2.24, 2.45) is 7.05 Å². The number of nitrogens with zero attached hydrogens (tertiary/aromatic N) is 2. The number of aryl methyl sites for hydroxylation is 2. The molecule has 1 aromatic heterocycles. The highest BCUT2D eigenvalue weighted by molar-refractivity contribution is 6.15. The SMILES string of the molecule is C[n+]1c2ccccc2c(C(=O)[O-])c2c(-c3ccc(CCC(=O)ON4C(=O)CCC4=O)cc3)cccc21.FC(F)F. The molecule has 1 saturated heterocycles. The zero-order chi connectivity index (χ0) is 29.0. The van der Waals surface area contributed by atoms with Crippen molar-refractivity contribution in [3.05, 3.63) is 77.9 Å². The Morgan fingerprint density at radius 1 is 0.925 bits per heavy atom. The summed E-state index contributed by atoms with van der Waals surface area (Å²) in [5, 5.41) is 14.0. The molecule has 0 unspecified atom stereocenters. The van der Waals surface area contributed by atoms with Gasteiger partial charge in [0.15, 0.2) is 0 Å². The van der Waals surface area contributed by atoms with Gasteiger partial charge in [-0.1, -0.05) is 48.5 Å². The Hall–Kier alpha value is -4.80. The summed E-state index contributed by atoms with van der Waals surface area (Å²) in [4.78, 5) is 52.5. The third-order valence-corrected chi connectivity index (χ3v) is 6.47. The third-order valence-electron chi connectivity index (χ3n) is 6.47. The van der Waals surface area contributed by atoms with Crippen LogP contribution in [0.1, 0.15) is 35.2 Å². The van der Waals surface area contributed by atoms with Crippen LogP contribution in [0, 0.1) is 0 Å². The molecule has 8 nitrogen and oxygen atoms in total. The molecule has 0 saturated carbocycles. The fourth-order valence-electron chi connectivity index (χ4n) is 4.68. The van der Waals surface area contributed by atoms with Crippen LogP contribution < -0.4 is 9.67 Å². The number of hydroxylamine groups is 2. The van der Waals surface area contributed by atoms with Crippen LogP contribution in [-0.4, -0.2) is 35.5 Å². The minimum Gasteiger partial charge on any atom is -0.545 e. The maximum Gasteiger partial charge on any atom is 0.379 e. The average molecular weight is 553 g/mol. The predicted molar refractivity (Wildman–Crippen MR) is 135 cm³/mol. The van der Waals surface area contributed by atoms with Crippen LogP contribution in [0.4, 0.5) is 13.2 Å². The van der Waals surface area contributed by atoms with Crippen molar-refractivity contribution in [2.75, 3.05) is 0 Å². The van der Waals surface area contributed by atoms with Gasteiger partial charge in [-0.2, -0.15) is 17.7 Å². The summed E-state index contributed by atoms with van der Waals surface area (Å²) < 4.78 is 31.0. The van der Waals surface area contributed by atoms with Gasteiger partial charge in [0.1, 0.15) is 7.05 Å². The van der Waals surface area contributed by atoms with Crippen molar-refractivity contribution in [3.8, 4) is 11.1 Å². The molecule has 0 radical (unpaired) electrons. The molecular formula is C29H23F3N2O6. The van der Waals surface area contributed by atoms with E-state index in [9.17, 15) is 37.5 Å². The zero-order valence-corrected chi connectivity index (χ0v) is 21.2. The zero-order valence-electron chi connectivity index (χ0n) is 21.2. The molecule has 40 heavy (non-hydrogen) atoms. The number of alkyl halides is 3. The van der Waals surface area contributed by atoms with Gasteiger partial charge in [-0.15, -0.1) is 5.06 Å². The van der Waals surface area contributed by atoms with Crippen molar-refractivity contribution in [2.45, 2.75) is 32.4 Å². The van der Waals surface area contributed by atoms with Gasteiger partial charge in [-0.05, 0) is 29.2 Å². The van der Waals surface area contributed by atoms with Gasteiger partial charge < -0.3 is 14.7 Å². The smallest absolute Gasteiger partial charge is 0.379 e. The molecule has 1 aliphatic rings. The topological polar surface area (TPSA) is 108 Å². The number of para-hydroxylation sites is 1. The van der Waals surface area contributed by atoms with E-state index >= 15 is 0 Å². The Kier molecular flexibility index (Phi) is 8.42. The second-order valence-corrected chi connectivity index (χ2v) is 8.93. The number of carboxylic acid groups (broad SMARTS) is 1. The molecule has 0 atom stereocenters. The van der Waals surface area contributed by atoms with Crippen molar-refractivity contribution >= 4 is 45.6 Å². The molecule has 3 aromatic carbocycles. The fraction of sp³-hybridized carbons (Fsp3) is 0.207. The number of carbonyl (C=O) groups excluding carboxylic acids is 4. The molecule has 1 aliphatic heterocycles. The number of imide groups is 1. The summed E-state index contributed by atoms with van der Waals surface area (Å²) in [6.45, 7) is -3.67. The number of amides is 2. The predicted octanol–water partition coefficient (Wildman–Crippen LogP) is 3.57. The Morgan fingerprint density at radius 3 is 2.15 bits per heavy atom. The lowest BCUT2D eigenvalue weighted by Gasteiger charge is -2.15. The molecule has 0 N–H and O–H groups in total. The van der Waals surface area contributed by atoms with Crippen LogP contribution in [0.15, 0.2) is 66.7 Å². The molecule has 1 fully saturated rings. The van der Waals surface area contributed by atoms with E-state index in [4.69, 9.17) is 4.84 Å². The lowest BCUT2D eigenvalue weighted by atomic mass is 9.93. The van der Waals surface area contributed by atoms with Crippen molar-refractivity contribution in [1.29, 1.82) is 0 Å². The number of fused-ring (bicyclic) bond motifs is 2. The molecule has 0 aliphatic carbocycles. The molecule has 0 bridgehead atoms. The van der Waals surface area contributed by atoms with E-state index in [1.807, 2.05) is 66.2 Å². The molecule has 206 valence electrons. The lowest BCUT2D eigenvalue weighted by molar-refractivity contribution is -0.617. The lowest BCUT2D eigenvalue weighted by Crippen LogP contribution is -2.33. The van der Waals surface area contributed by atoms with E-state index in [0.717, 1.165) is 27.7 Å². The van der Waals surface area contributed by atoms with Crippen LogP contribution in [0.3, 0.4) is 0 Å². The first-order chi connectivity index (χ1) is 19.1. The number of rotatable bonds is 6. The maximum atomic E-state index is 12.3. The standard InChI is InChI=1S/C28H22N2O6.CHF3/c1-29-21-7-3-2-5-20(21)27(28(34)35)26-19(6-4-8-22(26)29)18-12-9-17(10-13-18)11-16-25(33)36-30-23(31)14-15-24(30)32;2-1(3)4/h2-10,12-13H,11,14-16H2,1H3;1H. The molecule has 5 rings (SSSR count). The largest absolute Gasteiger partial charge is 0.545 e. The average Bonchev–Trinajstić information content (AvgIpc) is 3.24. The summed E-state index contributed by atoms with van der Waals surface area (Å²) in [6.07, 6.45) is 0.459. The molecule has 4 aromatic rings. The first-order valence-corrected chi connectivity index (χ1v) is 12.2. The van der Waals surface area contributed by atoms with Crippen molar-refractivity contribution < 1.29 is 46.9 Å². The van der Waals surface area contributed by atoms with Gasteiger partial charge in [0.2, 0.25) is 11.0 Å². The number of halogens is 3. The highest BCUT2D eigenvalue weighted by atomic mass is 19.4. The molecule has 2 amide bonds. The van der Waals surface area contributed by atoms with Crippen LogP contribution in [-0.2, 0) is 32.7 Å². The van der Waals surface area contributed by atoms with Gasteiger partial charge >= 0.3 is 12.6 Å². The number of pyridine rings is 1. The van der Waals surface area contributed by atoms with E-state index in [0.29, 0.717) is 22.3 Å². The van der Waals surface area contributed by atoms with Gasteiger partial charge in [0.05, 0.1) is 23.2 Å². The fourth-order valence-corrected chi connectivity index (χ4v) is 4.68. The Morgan fingerprint density at radius 2 is 1.52 bits per heavy atom. The van der Waals surface area contributed by atoms with Crippen LogP contribution in [0.25, 0.3) is 32.9 Å². The number of carboxylic acids is 1. The van der Waals surface area contributed by atoms with Crippen LogP contribution in [0.5, 0.6) is 0 Å². The molecule has 0 spiro atoms. The quantitative estimate of drug-likeness (QED) is 0.206. The second-order valence-electron chi connectivity index (χ2n) is 8.93. The van der Waals surface area contributed by atoms with Gasteiger partial charge in [-0.25, -0.2) is 4.79 Å². The molecular weight excluding hydrogens is 529 g/mol. The monoisotopic (exact) mass is 552 g/mol. The number of aromatic nitrogens is 1. The number of benzene rings is 3. The van der Waals surface area contributed by atoms with Crippen molar-refractivity contribution in [3.63, 3.8) is 0 Å². The first-order valence-electron chi connectivity index (χ1n) is 12.2. The van der Waals surface area contributed by atoms with Gasteiger partial charge in [0, 0.05) is 30.5 Å². The van der Waals surface area contributed by atoms with E-state index in [1.54, 1.807) is 12.1 Å². The number of carbonyl (C=O) groups is 4. The summed E-state index contributed by atoms with van der Waals surface area (Å²) in [5.41, 5.74) is 4.13. The first kappa shape index (κ1) is 28.2. The van der Waals surface area contributed by atoms with Crippen molar-refractivity contribution in [1.82, 2.24) is 5.06 Å². The number of aromatic carboxylic acids is 1. The van der Waals surface area contributed by atoms with E-state index in [1.165, 1.54) is 0 Å². The summed E-state index contributed by atoms with van der Waals surface area (Å²) in [5.74, 6) is -2.92. The minimum absolute atomic E-state index is 0.00132. The number of hydrogen-bond donors (Lipinski definition) is 0. The van der Waals surface area contributed by atoms with E-state index in [-0.39, 0.29) is 24.8 Å².